The highest BCUT2D eigenvalue weighted by Gasteiger charge is 2.43. The van der Waals surface area contributed by atoms with Crippen molar-refractivity contribution in [2.45, 2.75) is 76.3 Å². The summed E-state index contributed by atoms with van der Waals surface area (Å²) in [6, 6.07) is 9.69. The maximum absolute atomic E-state index is 13.7. The van der Waals surface area contributed by atoms with Crippen LogP contribution in [-0.2, 0) is 30.8 Å². The second-order valence-corrected chi connectivity index (χ2v) is 12.1. The molecule has 2 aromatic carbocycles. The summed E-state index contributed by atoms with van der Waals surface area (Å²) in [5.41, 5.74) is 5.18. The summed E-state index contributed by atoms with van der Waals surface area (Å²) >= 11 is 0. The molecule has 0 saturated carbocycles. The van der Waals surface area contributed by atoms with Gasteiger partial charge in [0, 0.05) is 52.2 Å². The van der Waals surface area contributed by atoms with Crippen molar-refractivity contribution in [1.29, 1.82) is 0 Å². The summed E-state index contributed by atoms with van der Waals surface area (Å²) < 4.78 is 5.69. The molecule has 2 saturated heterocycles. The molecule has 3 heterocycles. The fourth-order valence-corrected chi connectivity index (χ4v) is 6.22. The number of piperazine rings is 1. The van der Waals surface area contributed by atoms with Gasteiger partial charge in [-0.2, -0.15) is 0 Å². The van der Waals surface area contributed by atoms with Gasteiger partial charge in [-0.1, -0.05) is 32.0 Å². The van der Waals surface area contributed by atoms with Crippen LogP contribution in [-0.4, -0.2) is 116 Å². The Hall–Kier alpha value is -2.57. The number of rotatable bonds is 7. The number of ether oxygens (including phenoxy) is 1. The lowest BCUT2D eigenvalue weighted by molar-refractivity contribution is -0.228. The number of phenols is 1. The lowest BCUT2D eigenvalue weighted by Crippen LogP contribution is -2.59. The van der Waals surface area contributed by atoms with Gasteiger partial charge in [-0.15, -0.1) is 0 Å². The maximum atomic E-state index is 13.7. The molecule has 41 heavy (non-hydrogen) atoms. The molecule has 224 valence electrons. The second-order valence-electron chi connectivity index (χ2n) is 12.1. The first-order valence-electron chi connectivity index (χ1n) is 14.5. The van der Waals surface area contributed by atoms with Gasteiger partial charge in [0.2, 0.25) is 0 Å². The van der Waals surface area contributed by atoms with Crippen molar-refractivity contribution >= 4 is 5.91 Å². The molecule has 5 atom stereocenters. The zero-order chi connectivity index (χ0) is 29.4. The minimum atomic E-state index is -1.47. The van der Waals surface area contributed by atoms with Gasteiger partial charge in [0.15, 0.2) is 0 Å². The number of carbonyl (C=O) groups excluding carboxylic acids is 1. The van der Waals surface area contributed by atoms with Crippen LogP contribution in [0.2, 0.25) is 0 Å². The minimum absolute atomic E-state index is 0.00468. The van der Waals surface area contributed by atoms with Crippen LogP contribution in [0.15, 0.2) is 30.3 Å². The molecule has 0 radical (unpaired) electrons. The van der Waals surface area contributed by atoms with Crippen LogP contribution in [0, 0.1) is 0 Å². The largest absolute Gasteiger partial charge is 0.507 e. The molecule has 0 aliphatic carbocycles. The SMILES string of the molecule is CC(C)c1cc(C(=O)N2Cc3ccc(CN4CCN(C)CC4)cc3C2)c(O)cc1C[C@@H]1O[C@H](CO)[C@H](O)[C@H](O)[C@H]1O. The van der Waals surface area contributed by atoms with Crippen LogP contribution in [0.5, 0.6) is 5.75 Å². The number of likely N-dealkylation sites (N-methyl/N-ethyl adjacent to an activating group) is 1. The first-order chi connectivity index (χ1) is 19.5. The fourth-order valence-electron chi connectivity index (χ4n) is 6.22. The van der Waals surface area contributed by atoms with E-state index in [1.54, 1.807) is 11.0 Å². The van der Waals surface area contributed by atoms with E-state index in [0.717, 1.165) is 49.4 Å². The van der Waals surface area contributed by atoms with Gasteiger partial charge < -0.3 is 40.1 Å². The van der Waals surface area contributed by atoms with Crippen molar-refractivity contribution in [2.75, 3.05) is 39.8 Å². The monoisotopic (exact) mass is 569 g/mol. The molecule has 5 N–H and O–H groups in total. The summed E-state index contributed by atoms with van der Waals surface area (Å²) in [6.07, 6.45) is -6.06. The molecule has 0 aromatic heterocycles. The number of phenolic OH excluding ortho intramolecular Hbond substituents is 1. The normalized spacial score (nSPS) is 27.4. The summed E-state index contributed by atoms with van der Waals surface area (Å²) in [5, 5.41) is 51.4. The first kappa shape index (κ1) is 29.9. The first-order valence-corrected chi connectivity index (χ1v) is 14.5. The number of benzene rings is 2. The molecule has 0 bridgehead atoms. The average Bonchev–Trinajstić information content (AvgIpc) is 3.38. The van der Waals surface area contributed by atoms with Gasteiger partial charge in [-0.05, 0) is 52.9 Å². The maximum Gasteiger partial charge on any atom is 0.258 e. The van der Waals surface area contributed by atoms with Crippen LogP contribution >= 0.6 is 0 Å². The molecule has 0 unspecified atom stereocenters. The number of aromatic hydroxyl groups is 1. The number of hydrogen-bond donors (Lipinski definition) is 5. The highest BCUT2D eigenvalue weighted by atomic mass is 16.5. The number of aliphatic hydroxyl groups excluding tert-OH is 4. The van der Waals surface area contributed by atoms with Gasteiger partial charge in [-0.3, -0.25) is 9.69 Å². The number of hydrogen-bond acceptors (Lipinski definition) is 9. The van der Waals surface area contributed by atoms with Crippen molar-refractivity contribution in [3.8, 4) is 5.75 Å². The third-order valence-corrected chi connectivity index (χ3v) is 8.80. The van der Waals surface area contributed by atoms with E-state index >= 15 is 0 Å². The third-order valence-electron chi connectivity index (χ3n) is 8.80. The second kappa shape index (κ2) is 12.3. The van der Waals surface area contributed by atoms with Gasteiger partial charge in [0.05, 0.1) is 18.3 Å². The van der Waals surface area contributed by atoms with Gasteiger partial charge in [-0.25, -0.2) is 0 Å². The summed E-state index contributed by atoms with van der Waals surface area (Å²) in [6.45, 7) is 9.52. The van der Waals surface area contributed by atoms with E-state index in [4.69, 9.17) is 4.74 Å². The molecule has 0 spiro atoms. The molecule has 3 aliphatic rings. The molecular weight excluding hydrogens is 526 g/mol. The fraction of sp³-hybridized carbons (Fsp3) is 0.581. The number of nitrogens with zero attached hydrogens (tertiary/aromatic N) is 3. The molecule has 2 aromatic rings. The van der Waals surface area contributed by atoms with E-state index in [1.165, 1.54) is 11.6 Å². The lowest BCUT2D eigenvalue weighted by Gasteiger charge is -2.40. The van der Waals surface area contributed by atoms with E-state index in [9.17, 15) is 30.3 Å². The quantitative estimate of drug-likeness (QED) is 0.328. The van der Waals surface area contributed by atoms with Crippen LogP contribution < -0.4 is 0 Å². The van der Waals surface area contributed by atoms with E-state index in [0.29, 0.717) is 18.7 Å². The molecular formula is C31H43N3O7. The predicted octanol–water partition coefficient (Wildman–Crippen LogP) is 0.804. The molecule has 1 amide bonds. The summed E-state index contributed by atoms with van der Waals surface area (Å²) in [5.74, 6) is -0.416. The van der Waals surface area contributed by atoms with E-state index in [2.05, 4.69) is 35.0 Å². The van der Waals surface area contributed by atoms with Crippen molar-refractivity contribution in [3.63, 3.8) is 0 Å². The summed E-state index contributed by atoms with van der Waals surface area (Å²) in [7, 11) is 2.15. The third kappa shape index (κ3) is 6.29. The van der Waals surface area contributed by atoms with Crippen LogP contribution in [0.4, 0.5) is 0 Å². The molecule has 5 rings (SSSR count). The highest BCUT2D eigenvalue weighted by Crippen LogP contribution is 2.34. The lowest BCUT2D eigenvalue weighted by atomic mass is 9.87. The van der Waals surface area contributed by atoms with Crippen LogP contribution in [0.3, 0.4) is 0 Å². The highest BCUT2D eigenvalue weighted by molar-refractivity contribution is 5.97. The Bertz CT molecular complexity index is 1240. The van der Waals surface area contributed by atoms with Crippen LogP contribution in [0.1, 0.15) is 57.9 Å². The Morgan fingerprint density at radius 1 is 0.951 bits per heavy atom. The Morgan fingerprint density at radius 3 is 2.32 bits per heavy atom. The van der Waals surface area contributed by atoms with Gasteiger partial charge in [0.1, 0.15) is 30.2 Å². The Morgan fingerprint density at radius 2 is 1.63 bits per heavy atom. The average molecular weight is 570 g/mol. The molecule has 10 heteroatoms. The van der Waals surface area contributed by atoms with Crippen molar-refractivity contribution in [2.24, 2.45) is 0 Å². The predicted molar refractivity (Wildman–Crippen MR) is 152 cm³/mol. The number of aliphatic hydroxyl groups is 4. The van der Waals surface area contributed by atoms with Gasteiger partial charge >= 0.3 is 0 Å². The van der Waals surface area contributed by atoms with Crippen molar-refractivity contribution in [1.82, 2.24) is 14.7 Å². The molecule has 2 fully saturated rings. The van der Waals surface area contributed by atoms with E-state index in [-0.39, 0.29) is 29.6 Å². The smallest absolute Gasteiger partial charge is 0.258 e. The van der Waals surface area contributed by atoms with Gasteiger partial charge in [0.25, 0.3) is 5.91 Å². The summed E-state index contributed by atoms with van der Waals surface area (Å²) in [4.78, 5) is 20.2. The van der Waals surface area contributed by atoms with E-state index in [1.807, 2.05) is 13.8 Å². The Balaban J connectivity index is 1.31. The number of carbonyl (C=O) groups is 1. The molecule has 10 nitrogen and oxygen atoms in total. The zero-order valence-corrected chi connectivity index (χ0v) is 24.1. The van der Waals surface area contributed by atoms with Crippen molar-refractivity contribution in [3.05, 3.63) is 63.7 Å². The minimum Gasteiger partial charge on any atom is -0.507 e. The van der Waals surface area contributed by atoms with Crippen LogP contribution in [0.25, 0.3) is 0 Å². The zero-order valence-electron chi connectivity index (χ0n) is 24.1. The Labute approximate surface area is 241 Å². The van der Waals surface area contributed by atoms with Crippen molar-refractivity contribution < 1.29 is 35.1 Å². The standard InChI is InChI=1S/C31H43N3O7/c1-18(2)23-13-24(25(36)11-21(23)12-26-28(37)30(39)29(38)27(17-35)41-26)31(40)34-15-20-5-4-19(10-22(20)16-34)14-33-8-6-32(3)7-9-33/h4-5,10-11,13,18,26-30,35-39H,6-9,12,14-17H2,1-3H3/t26-,27+,28-,29-,30+/m0/s1. The van der Waals surface area contributed by atoms with E-state index < -0.39 is 37.1 Å². The number of fused-ring (bicyclic) bond motifs is 1. The number of amides is 1. The Kier molecular flexibility index (Phi) is 9.01. The topological polar surface area (TPSA) is 137 Å². The molecule has 3 aliphatic heterocycles.